The summed E-state index contributed by atoms with van der Waals surface area (Å²) in [5, 5.41) is 4.62. The number of fused-ring (bicyclic) bond motifs is 3. The SMILES string of the molecule is NS(=O)(=O)C1c2ccccc2-c2ccccc21. The third-order valence-electron chi connectivity index (χ3n) is 3.11. The molecule has 0 radical (unpaired) electrons. The van der Waals surface area contributed by atoms with Crippen molar-refractivity contribution in [1.82, 2.24) is 0 Å². The standard InChI is InChI=1S/C13H11NO2S/c14-17(15,16)13-11-7-3-1-5-9(11)10-6-2-4-8-12(10)13/h1-8,13H,(H2,14,15,16). The smallest absolute Gasteiger partial charge is 0.220 e. The zero-order valence-corrected chi connectivity index (χ0v) is 9.81. The molecule has 0 spiro atoms. The molecule has 0 aliphatic heterocycles. The minimum atomic E-state index is -3.63. The van der Waals surface area contributed by atoms with Crippen LogP contribution in [-0.2, 0) is 10.0 Å². The van der Waals surface area contributed by atoms with Gasteiger partial charge in [0.25, 0.3) is 0 Å². The van der Waals surface area contributed by atoms with Crippen molar-refractivity contribution in [2.45, 2.75) is 5.25 Å². The highest BCUT2D eigenvalue weighted by molar-refractivity contribution is 7.89. The van der Waals surface area contributed by atoms with Crippen LogP contribution in [0, 0.1) is 0 Å². The monoisotopic (exact) mass is 245 g/mol. The molecule has 2 aromatic carbocycles. The lowest BCUT2D eigenvalue weighted by Gasteiger charge is -2.10. The van der Waals surface area contributed by atoms with Crippen LogP contribution in [0.1, 0.15) is 16.4 Å². The summed E-state index contributed by atoms with van der Waals surface area (Å²) in [6.07, 6.45) is 0. The Morgan fingerprint density at radius 3 is 1.65 bits per heavy atom. The van der Waals surface area contributed by atoms with Gasteiger partial charge in [-0.1, -0.05) is 48.5 Å². The molecule has 3 rings (SSSR count). The zero-order valence-electron chi connectivity index (χ0n) is 9.00. The van der Waals surface area contributed by atoms with E-state index in [1.807, 2.05) is 48.5 Å². The predicted molar refractivity (Wildman–Crippen MR) is 66.8 cm³/mol. The highest BCUT2D eigenvalue weighted by atomic mass is 32.2. The molecule has 0 fully saturated rings. The average Bonchev–Trinajstić information content (AvgIpc) is 2.63. The number of nitrogens with two attached hydrogens (primary N) is 1. The minimum Gasteiger partial charge on any atom is -0.228 e. The number of primary sulfonamides is 1. The predicted octanol–water partition coefficient (Wildman–Crippen LogP) is 2.04. The molecule has 2 N–H and O–H groups in total. The molecular formula is C13H11NO2S. The lowest BCUT2D eigenvalue weighted by Crippen LogP contribution is -2.20. The number of rotatable bonds is 1. The molecule has 0 aromatic heterocycles. The van der Waals surface area contributed by atoms with E-state index in [-0.39, 0.29) is 0 Å². The van der Waals surface area contributed by atoms with Gasteiger partial charge < -0.3 is 0 Å². The molecule has 0 amide bonds. The summed E-state index contributed by atoms with van der Waals surface area (Å²) in [7, 11) is -3.63. The Morgan fingerprint density at radius 2 is 1.24 bits per heavy atom. The van der Waals surface area contributed by atoms with Crippen molar-refractivity contribution >= 4 is 10.0 Å². The molecule has 3 nitrogen and oxygen atoms in total. The van der Waals surface area contributed by atoms with Gasteiger partial charge >= 0.3 is 0 Å². The molecule has 1 aliphatic rings. The maximum atomic E-state index is 11.7. The van der Waals surface area contributed by atoms with Gasteiger partial charge in [0.2, 0.25) is 10.0 Å². The normalized spacial score (nSPS) is 14.4. The van der Waals surface area contributed by atoms with E-state index in [2.05, 4.69) is 0 Å². The fourth-order valence-electron chi connectivity index (χ4n) is 2.46. The Kier molecular flexibility index (Phi) is 2.11. The molecule has 0 unspecified atom stereocenters. The van der Waals surface area contributed by atoms with E-state index in [0.29, 0.717) is 0 Å². The van der Waals surface area contributed by atoms with Gasteiger partial charge in [0.1, 0.15) is 5.25 Å². The Labute approximate surface area is 99.9 Å². The van der Waals surface area contributed by atoms with Gasteiger partial charge in [-0.2, -0.15) is 0 Å². The maximum Gasteiger partial charge on any atom is 0.220 e. The summed E-state index contributed by atoms with van der Waals surface area (Å²) in [6, 6.07) is 15.0. The van der Waals surface area contributed by atoms with Gasteiger partial charge in [-0.25, -0.2) is 13.6 Å². The highest BCUT2D eigenvalue weighted by Crippen LogP contribution is 2.46. The number of hydrogen-bond donors (Lipinski definition) is 1. The van der Waals surface area contributed by atoms with Gasteiger partial charge in [-0.05, 0) is 22.3 Å². The van der Waals surface area contributed by atoms with Crippen LogP contribution in [-0.4, -0.2) is 8.42 Å². The summed E-state index contributed by atoms with van der Waals surface area (Å²) in [4.78, 5) is 0. The van der Waals surface area contributed by atoms with Gasteiger partial charge in [-0.15, -0.1) is 0 Å². The topological polar surface area (TPSA) is 60.2 Å². The fraction of sp³-hybridized carbons (Fsp3) is 0.0769. The Balaban J connectivity index is 2.39. The average molecular weight is 245 g/mol. The second-order valence-corrected chi connectivity index (χ2v) is 5.79. The Morgan fingerprint density at radius 1 is 0.824 bits per heavy atom. The van der Waals surface area contributed by atoms with Crippen LogP contribution < -0.4 is 5.14 Å². The van der Waals surface area contributed by atoms with E-state index in [1.165, 1.54) is 0 Å². The highest BCUT2D eigenvalue weighted by Gasteiger charge is 2.35. The first-order chi connectivity index (χ1) is 8.09. The molecule has 17 heavy (non-hydrogen) atoms. The van der Waals surface area contributed by atoms with E-state index in [1.54, 1.807) is 0 Å². The summed E-state index contributed by atoms with van der Waals surface area (Å²) < 4.78 is 23.5. The summed E-state index contributed by atoms with van der Waals surface area (Å²) in [6.45, 7) is 0. The summed E-state index contributed by atoms with van der Waals surface area (Å²) in [5.74, 6) is 0. The largest absolute Gasteiger partial charge is 0.228 e. The van der Waals surface area contributed by atoms with Crippen LogP contribution in [0.4, 0.5) is 0 Å². The van der Waals surface area contributed by atoms with Gasteiger partial charge in [-0.3, -0.25) is 0 Å². The molecule has 0 saturated heterocycles. The number of hydrogen-bond acceptors (Lipinski definition) is 2. The van der Waals surface area contributed by atoms with Crippen molar-refractivity contribution in [2.75, 3.05) is 0 Å². The van der Waals surface area contributed by atoms with E-state index < -0.39 is 15.3 Å². The van der Waals surface area contributed by atoms with Crippen LogP contribution in [0.25, 0.3) is 11.1 Å². The molecule has 0 atom stereocenters. The van der Waals surface area contributed by atoms with Crippen LogP contribution >= 0.6 is 0 Å². The van der Waals surface area contributed by atoms with Crippen molar-refractivity contribution < 1.29 is 8.42 Å². The number of benzene rings is 2. The molecule has 4 heteroatoms. The van der Waals surface area contributed by atoms with Crippen molar-refractivity contribution in [3.63, 3.8) is 0 Å². The third-order valence-corrected chi connectivity index (χ3v) is 4.27. The zero-order chi connectivity index (χ0) is 12.0. The number of sulfonamides is 1. The van der Waals surface area contributed by atoms with Crippen molar-refractivity contribution in [3.05, 3.63) is 59.7 Å². The first-order valence-corrected chi connectivity index (χ1v) is 6.90. The molecule has 0 saturated carbocycles. The van der Waals surface area contributed by atoms with Gasteiger partial charge in [0.05, 0.1) is 0 Å². The Hall–Kier alpha value is -1.65. The van der Waals surface area contributed by atoms with Gasteiger partial charge in [0.15, 0.2) is 0 Å². The second-order valence-electron chi connectivity index (χ2n) is 4.14. The maximum absolute atomic E-state index is 11.7. The van der Waals surface area contributed by atoms with Crippen LogP contribution in [0.3, 0.4) is 0 Å². The molecule has 2 aromatic rings. The van der Waals surface area contributed by atoms with Crippen molar-refractivity contribution in [2.24, 2.45) is 5.14 Å². The molecule has 0 bridgehead atoms. The summed E-state index contributed by atoms with van der Waals surface area (Å²) in [5.41, 5.74) is 3.47. The lowest BCUT2D eigenvalue weighted by molar-refractivity contribution is 0.591. The third kappa shape index (κ3) is 1.49. The first kappa shape index (κ1) is 10.5. The lowest BCUT2D eigenvalue weighted by atomic mass is 10.1. The van der Waals surface area contributed by atoms with Crippen LogP contribution in [0.15, 0.2) is 48.5 Å². The molecule has 86 valence electrons. The Bertz CT molecular complexity index is 647. The van der Waals surface area contributed by atoms with Crippen LogP contribution in [0.2, 0.25) is 0 Å². The minimum absolute atomic E-state index is 0.727. The molecular weight excluding hydrogens is 234 g/mol. The van der Waals surface area contributed by atoms with E-state index in [4.69, 9.17) is 5.14 Å². The fourth-order valence-corrected chi connectivity index (χ4v) is 3.58. The van der Waals surface area contributed by atoms with Gasteiger partial charge in [0, 0.05) is 0 Å². The van der Waals surface area contributed by atoms with Crippen molar-refractivity contribution in [1.29, 1.82) is 0 Å². The van der Waals surface area contributed by atoms with E-state index >= 15 is 0 Å². The first-order valence-electron chi connectivity index (χ1n) is 5.29. The van der Waals surface area contributed by atoms with E-state index in [9.17, 15) is 8.42 Å². The van der Waals surface area contributed by atoms with Crippen LogP contribution in [0.5, 0.6) is 0 Å². The second kappa shape index (κ2) is 3.42. The van der Waals surface area contributed by atoms with Crippen molar-refractivity contribution in [3.8, 4) is 11.1 Å². The summed E-state index contributed by atoms with van der Waals surface area (Å²) >= 11 is 0. The molecule has 1 aliphatic carbocycles. The van der Waals surface area contributed by atoms with E-state index in [0.717, 1.165) is 22.3 Å². The quantitative estimate of drug-likeness (QED) is 0.835. The molecule has 0 heterocycles.